The van der Waals surface area contributed by atoms with E-state index in [0.717, 1.165) is 12.1 Å². The van der Waals surface area contributed by atoms with Crippen LogP contribution < -0.4 is 5.73 Å². The van der Waals surface area contributed by atoms with Crippen molar-refractivity contribution in [2.75, 3.05) is 5.73 Å². The van der Waals surface area contributed by atoms with Gasteiger partial charge in [0.1, 0.15) is 10.8 Å². The van der Waals surface area contributed by atoms with Crippen molar-refractivity contribution in [2.45, 2.75) is 20.0 Å². The van der Waals surface area contributed by atoms with Gasteiger partial charge in [0, 0.05) is 18.3 Å². The Balaban J connectivity index is 2.18. The third-order valence-electron chi connectivity index (χ3n) is 2.18. The zero-order valence-electron chi connectivity index (χ0n) is 8.39. The summed E-state index contributed by atoms with van der Waals surface area (Å²) in [6, 6.07) is 0. The summed E-state index contributed by atoms with van der Waals surface area (Å²) in [6.07, 6.45) is 5.31. The molecule has 0 saturated carbocycles. The Kier molecular flexibility index (Phi) is 2.64. The molecule has 15 heavy (non-hydrogen) atoms. The lowest BCUT2D eigenvalue weighted by Crippen LogP contribution is -2.05. The van der Waals surface area contributed by atoms with Crippen LogP contribution in [0.25, 0.3) is 0 Å². The van der Waals surface area contributed by atoms with E-state index in [2.05, 4.69) is 10.2 Å². The molecule has 0 aliphatic carbocycles. The van der Waals surface area contributed by atoms with Crippen molar-refractivity contribution < 1.29 is 0 Å². The topological polar surface area (TPSA) is 61.7 Å². The molecule has 0 fully saturated rings. The van der Waals surface area contributed by atoms with Gasteiger partial charge in [-0.2, -0.15) is 10.2 Å². The first-order valence-corrected chi connectivity index (χ1v) is 5.06. The van der Waals surface area contributed by atoms with Crippen LogP contribution in [0.15, 0.2) is 18.6 Å². The van der Waals surface area contributed by atoms with Gasteiger partial charge < -0.3 is 5.73 Å². The number of hydrogen-bond acceptors (Lipinski definition) is 3. The molecule has 0 amide bonds. The summed E-state index contributed by atoms with van der Waals surface area (Å²) in [7, 11) is 0. The fourth-order valence-corrected chi connectivity index (χ4v) is 1.47. The van der Waals surface area contributed by atoms with Crippen molar-refractivity contribution in [1.29, 1.82) is 0 Å². The van der Waals surface area contributed by atoms with E-state index in [-0.39, 0.29) is 0 Å². The second-order valence-corrected chi connectivity index (χ2v) is 3.65. The molecule has 0 aliphatic heterocycles. The standard InChI is InChI=1S/C9H12ClN5/c1-2-14-5-7(3-12-14)6-15-9(11)8(10)4-13-15/h3-5H,2,6,11H2,1H3. The van der Waals surface area contributed by atoms with Gasteiger partial charge in [-0.1, -0.05) is 11.6 Å². The van der Waals surface area contributed by atoms with Crippen molar-refractivity contribution in [3.05, 3.63) is 29.2 Å². The molecule has 0 spiro atoms. The molecule has 0 aliphatic rings. The number of nitrogens with zero attached hydrogens (tertiary/aromatic N) is 4. The van der Waals surface area contributed by atoms with Gasteiger partial charge in [-0.25, -0.2) is 4.68 Å². The first-order valence-electron chi connectivity index (χ1n) is 4.69. The molecule has 0 radical (unpaired) electrons. The van der Waals surface area contributed by atoms with Gasteiger partial charge in [-0.3, -0.25) is 4.68 Å². The molecule has 0 aromatic carbocycles. The molecule has 80 valence electrons. The van der Waals surface area contributed by atoms with Crippen molar-refractivity contribution in [2.24, 2.45) is 0 Å². The number of aromatic nitrogens is 4. The molecule has 2 aromatic heterocycles. The highest BCUT2D eigenvalue weighted by Gasteiger charge is 2.06. The fourth-order valence-electron chi connectivity index (χ4n) is 1.33. The minimum Gasteiger partial charge on any atom is -0.383 e. The first-order chi connectivity index (χ1) is 7.20. The maximum Gasteiger partial charge on any atom is 0.140 e. The Morgan fingerprint density at radius 3 is 2.73 bits per heavy atom. The number of nitrogens with two attached hydrogens (primary N) is 1. The average Bonchev–Trinajstić information content (AvgIpc) is 2.80. The highest BCUT2D eigenvalue weighted by Crippen LogP contribution is 2.17. The number of halogens is 1. The second kappa shape index (κ2) is 3.94. The van der Waals surface area contributed by atoms with Gasteiger partial charge in [0.05, 0.1) is 18.9 Å². The third kappa shape index (κ3) is 1.97. The maximum absolute atomic E-state index is 5.80. The molecule has 0 bridgehead atoms. The molecule has 5 nitrogen and oxygen atoms in total. The van der Waals surface area contributed by atoms with E-state index in [9.17, 15) is 0 Å². The van der Waals surface area contributed by atoms with E-state index in [0.29, 0.717) is 17.4 Å². The number of rotatable bonds is 3. The molecule has 2 aromatic rings. The molecular formula is C9H12ClN5. The first kappa shape index (κ1) is 10.0. The lowest BCUT2D eigenvalue weighted by molar-refractivity contribution is 0.656. The smallest absolute Gasteiger partial charge is 0.140 e. The molecular weight excluding hydrogens is 214 g/mol. The van der Waals surface area contributed by atoms with E-state index >= 15 is 0 Å². The molecule has 0 saturated heterocycles. The Morgan fingerprint density at radius 2 is 2.20 bits per heavy atom. The van der Waals surface area contributed by atoms with Gasteiger partial charge >= 0.3 is 0 Å². The number of aryl methyl sites for hydroxylation is 1. The van der Waals surface area contributed by atoms with Crippen LogP contribution in [-0.4, -0.2) is 19.6 Å². The van der Waals surface area contributed by atoms with Gasteiger partial charge in [-0.15, -0.1) is 0 Å². The van der Waals surface area contributed by atoms with Crippen LogP contribution >= 0.6 is 11.6 Å². The van der Waals surface area contributed by atoms with Crippen LogP contribution in [0.4, 0.5) is 5.82 Å². The van der Waals surface area contributed by atoms with Gasteiger partial charge in [-0.05, 0) is 6.92 Å². The molecule has 6 heteroatoms. The van der Waals surface area contributed by atoms with E-state index in [1.165, 1.54) is 0 Å². The zero-order valence-corrected chi connectivity index (χ0v) is 9.15. The quantitative estimate of drug-likeness (QED) is 0.859. The Bertz CT molecular complexity index is 459. The Hall–Kier alpha value is -1.49. The predicted octanol–water partition coefficient (Wildman–Crippen LogP) is 1.38. The molecule has 0 unspecified atom stereocenters. The van der Waals surface area contributed by atoms with Crippen LogP contribution in [0.5, 0.6) is 0 Å². The molecule has 2 heterocycles. The lowest BCUT2D eigenvalue weighted by atomic mass is 10.3. The summed E-state index contributed by atoms with van der Waals surface area (Å²) >= 11 is 5.80. The fraction of sp³-hybridized carbons (Fsp3) is 0.333. The minimum atomic E-state index is 0.484. The predicted molar refractivity (Wildman–Crippen MR) is 58.7 cm³/mol. The summed E-state index contributed by atoms with van der Waals surface area (Å²) in [5.41, 5.74) is 6.79. The van der Waals surface area contributed by atoms with Crippen molar-refractivity contribution in [3.8, 4) is 0 Å². The zero-order chi connectivity index (χ0) is 10.8. The molecule has 2 N–H and O–H groups in total. The van der Waals surface area contributed by atoms with E-state index in [1.54, 1.807) is 17.1 Å². The number of anilines is 1. The van der Waals surface area contributed by atoms with Crippen LogP contribution in [-0.2, 0) is 13.1 Å². The van der Waals surface area contributed by atoms with Crippen molar-refractivity contribution in [3.63, 3.8) is 0 Å². The summed E-state index contributed by atoms with van der Waals surface area (Å²) in [5, 5.41) is 8.72. The maximum atomic E-state index is 5.80. The van der Waals surface area contributed by atoms with E-state index < -0.39 is 0 Å². The van der Waals surface area contributed by atoms with Crippen LogP contribution in [0.1, 0.15) is 12.5 Å². The minimum absolute atomic E-state index is 0.484. The number of nitrogen functional groups attached to an aromatic ring is 1. The van der Waals surface area contributed by atoms with Crippen LogP contribution in [0, 0.1) is 0 Å². The highest BCUT2D eigenvalue weighted by molar-refractivity contribution is 6.32. The van der Waals surface area contributed by atoms with Crippen LogP contribution in [0.2, 0.25) is 5.02 Å². The molecule has 0 atom stereocenters. The van der Waals surface area contributed by atoms with E-state index in [1.807, 2.05) is 17.8 Å². The summed E-state index contributed by atoms with van der Waals surface area (Å²) < 4.78 is 3.51. The van der Waals surface area contributed by atoms with Gasteiger partial charge in [0.15, 0.2) is 0 Å². The normalized spacial score (nSPS) is 10.8. The SMILES string of the molecule is CCn1cc(Cn2ncc(Cl)c2N)cn1. The van der Waals surface area contributed by atoms with Gasteiger partial charge in [0.2, 0.25) is 0 Å². The van der Waals surface area contributed by atoms with Crippen molar-refractivity contribution in [1.82, 2.24) is 19.6 Å². The third-order valence-corrected chi connectivity index (χ3v) is 2.47. The van der Waals surface area contributed by atoms with E-state index in [4.69, 9.17) is 17.3 Å². The Labute approximate surface area is 92.4 Å². The monoisotopic (exact) mass is 225 g/mol. The second-order valence-electron chi connectivity index (χ2n) is 3.24. The lowest BCUT2D eigenvalue weighted by Gasteiger charge is -2.00. The van der Waals surface area contributed by atoms with Gasteiger partial charge in [0.25, 0.3) is 0 Å². The summed E-state index contributed by atoms with van der Waals surface area (Å²) in [4.78, 5) is 0. The largest absolute Gasteiger partial charge is 0.383 e. The summed E-state index contributed by atoms with van der Waals surface area (Å²) in [6.45, 7) is 3.49. The van der Waals surface area contributed by atoms with Crippen LogP contribution in [0.3, 0.4) is 0 Å². The average molecular weight is 226 g/mol. The molecule has 2 rings (SSSR count). The van der Waals surface area contributed by atoms with Crippen molar-refractivity contribution >= 4 is 17.4 Å². The number of hydrogen-bond donors (Lipinski definition) is 1. The summed E-state index contributed by atoms with van der Waals surface area (Å²) in [5.74, 6) is 0.487. The highest BCUT2D eigenvalue weighted by atomic mass is 35.5. The Morgan fingerprint density at radius 1 is 1.40 bits per heavy atom.